The SMILES string of the molecule is N=C1N(CCCC[C@H]2CN=C(N)N2CCc2ccc(Cl)c(Cl)c2)C[C@@H](Cc2ccc3ccccc3c2)N1CCc1ccc(Br)cc1. The Hall–Kier alpha value is -3.26. The molecule has 4 aromatic rings. The van der Waals surface area contributed by atoms with Gasteiger partial charge in [0, 0.05) is 30.7 Å². The van der Waals surface area contributed by atoms with Gasteiger partial charge >= 0.3 is 0 Å². The minimum Gasteiger partial charge on any atom is -0.370 e. The minimum atomic E-state index is 0.268. The van der Waals surface area contributed by atoms with Gasteiger partial charge in [0.05, 0.1) is 28.7 Å². The van der Waals surface area contributed by atoms with Crippen LogP contribution in [0.5, 0.6) is 0 Å². The Bertz CT molecular complexity index is 1690. The van der Waals surface area contributed by atoms with Gasteiger partial charge in [0.1, 0.15) is 0 Å². The second-order valence-corrected chi connectivity index (χ2v) is 14.1. The molecule has 240 valence electrons. The Balaban J connectivity index is 1.05. The maximum absolute atomic E-state index is 9.20. The molecule has 0 bridgehead atoms. The lowest BCUT2D eigenvalue weighted by molar-refractivity contribution is 0.312. The van der Waals surface area contributed by atoms with Crippen molar-refractivity contribution < 1.29 is 0 Å². The van der Waals surface area contributed by atoms with Crippen LogP contribution in [0.3, 0.4) is 0 Å². The average Bonchev–Trinajstić information content (AvgIpc) is 3.56. The number of fused-ring (bicyclic) bond motifs is 1. The van der Waals surface area contributed by atoms with Crippen molar-refractivity contribution in [2.24, 2.45) is 10.7 Å². The zero-order valence-corrected chi connectivity index (χ0v) is 29.1. The second-order valence-electron chi connectivity index (χ2n) is 12.4. The van der Waals surface area contributed by atoms with Gasteiger partial charge in [-0.05, 0) is 90.3 Å². The number of halogens is 3. The molecule has 2 aliphatic rings. The van der Waals surface area contributed by atoms with Crippen LogP contribution in [0.4, 0.5) is 0 Å². The molecule has 0 spiro atoms. The van der Waals surface area contributed by atoms with Crippen molar-refractivity contribution in [1.82, 2.24) is 14.7 Å². The Morgan fingerprint density at radius 2 is 1.48 bits per heavy atom. The first-order valence-electron chi connectivity index (χ1n) is 16.2. The third-order valence-corrected chi connectivity index (χ3v) is 10.6. The number of hydrogen-bond donors (Lipinski definition) is 2. The molecular weight excluding hydrogens is 679 g/mol. The molecule has 0 aliphatic carbocycles. The predicted octanol–water partition coefficient (Wildman–Crippen LogP) is 8.03. The topological polar surface area (TPSA) is 71.9 Å². The normalized spacial score (nSPS) is 18.2. The van der Waals surface area contributed by atoms with Gasteiger partial charge < -0.3 is 20.4 Å². The van der Waals surface area contributed by atoms with Crippen LogP contribution in [0, 0.1) is 5.41 Å². The highest BCUT2D eigenvalue weighted by molar-refractivity contribution is 9.10. The third kappa shape index (κ3) is 7.99. The van der Waals surface area contributed by atoms with E-state index < -0.39 is 0 Å². The van der Waals surface area contributed by atoms with Crippen LogP contribution >= 0.6 is 39.1 Å². The number of guanidine groups is 2. The molecule has 1 saturated heterocycles. The van der Waals surface area contributed by atoms with E-state index in [0.29, 0.717) is 28.0 Å². The van der Waals surface area contributed by atoms with Crippen LogP contribution in [-0.2, 0) is 19.3 Å². The van der Waals surface area contributed by atoms with Crippen LogP contribution < -0.4 is 5.73 Å². The van der Waals surface area contributed by atoms with Gasteiger partial charge in [-0.15, -0.1) is 0 Å². The van der Waals surface area contributed by atoms with Crippen LogP contribution in [0.15, 0.2) is 94.4 Å². The van der Waals surface area contributed by atoms with Gasteiger partial charge in [-0.1, -0.05) is 99.8 Å². The third-order valence-electron chi connectivity index (χ3n) is 9.32. The van der Waals surface area contributed by atoms with E-state index in [1.807, 2.05) is 18.2 Å². The van der Waals surface area contributed by atoms with E-state index in [0.717, 1.165) is 81.3 Å². The van der Waals surface area contributed by atoms with Crippen LogP contribution in [0.25, 0.3) is 10.8 Å². The molecular formula is C37H41BrCl2N6. The predicted molar refractivity (Wildman–Crippen MR) is 196 cm³/mol. The summed E-state index contributed by atoms with van der Waals surface area (Å²) in [4.78, 5) is 11.4. The molecule has 0 amide bonds. The smallest absolute Gasteiger partial charge is 0.194 e. The number of rotatable bonds is 13. The molecule has 2 aliphatic heterocycles. The zero-order valence-electron chi connectivity index (χ0n) is 26.0. The van der Waals surface area contributed by atoms with Gasteiger partial charge in [0.2, 0.25) is 0 Å². The molecule has 0 aromatic heterocycles. The first kappa shape index (κ1) is 32.7. The van der Waals surface area contributed by atoms with Gasteiger partial charge in [-0.2, -0.15) is 0 Å². The highest BCUT2D eigenvalue weighted by atomic mass is 79.9. The maximum Gasteiger partial charge on any atom is 0.194 e. The van der Waals surface area contributed by atoms with E-state index >= 15 is 0 Å². The molecule has 6 rings (SSSR count). The molecule has 9 heteroatoms. The van der Waals surface area contributed by atoms with Crippen LogP contribution in [-0.4, -0.2) is 71.4 Å². The van der Waals surface area contributed by atoms with E-state index in [2.05, 4.69) is 102 Å². The van der Waals surface area contributed by atoms with Crippen molar-refractivity contribution in [2.75, 3.05) is 32.7 Å². The Morgan fingerprint density at radius 1 is 0.761 bits per heavy atom. The lowest BCUT2D eigenvalue weighted by atomic mass is 10.0. The van der Waals surface area contributed by atoms with Gasteiger partial charge in [0.15, 0.2) is 11.9 Å². The molecule has 0 radical (unpaired) electrons. The lowest BCUT2D eigenvalue weighted by Gasteiger charge is -2.27. The van der Waals surface area contributed by atoms with Crippen molar-refractivity contribution in [2.45, 2.75) is 50.6 Å². The minimum absolute atomic E-state index is 0.268. The lowest BCUT2D eigenvalue weighted by Crippen LogP contribution is -2.42. The molecule has 2 atom stereocenters. The molecule has 3 N–H and O–H groups in total. The van der Waals surface area contributed by atoms with Gasteiger partial charge in [-0.3, -0.25) is 10.4 Å². The van der Waals surface area contributed by atoms with Gasteiger partial charge in [0.25, 0.3) is 0 Å². The summed E-state index contributed by atoms with van der Waals surface area (Å²) >= 11 is 15.9. The molecule has 2 heterocycles. The molecule has 46 heavy (non-hydrogen) atoms. The van der Waals surface area contributed by atoms with E-state index in [-0.39, 0.29) is 6.04 Å². The number of nitrogens with one attached hydrogen (secondary N) is 1. The standard InChI is InChI=1S/C37H41BrCl2N6/c38-31-13-9-26(10-14-31)16-20-46-33(22-28-8-12-29-5-1-2-6-30(29)21-28)25-44(37(46)42)18-4-3-7-32-24-43-36(41)45(32)19-17-27-11-15-34(39)35(40)23-27/h1-2,5-6,8-15,21,23,32-33,42H,3-4,7,16-20,22,24-25H2,(H2,41,43)/t32-,33+/m0/s1. The number of aliphatic imine (C=N–C) groups is 1. The van der Waals surface area contributed by atoms with Gasteiger partial charge in [-0.25, -0.2) is 0 Å². The molecule has 0 saturated carbocycles. The number of hydrogen-bond acceptors (Lipinski definition) is 4. The summed E-state index contributed by atoms with van der Waals surface area (Å²) in [5.74, 6) is 1.28. The molecule has 0 unspecified atom stereocenters. The summed E-state index contributed by atoms with van der Waals surface area (Å²) < 4.78 is 1.09. The van der Waals surface area contributed by atoms with E-state index in [9.17, 15) is 5.41 Å². The summed E-state index contributed by atoms with van der Waals surface area (Å²) in [6.45, 7) is 4.14. The first-order valence-corrected chi connectivity index (χ1v) is 17.7. The van der Waals surface area contributed by atoms with Crippen molar-refractivity contribution in [3.8, 4) is 0 Å². The summed E-state index contributed by atoms with van der Waals surface area (Å²) in [5.41, 5.74) is 10.1. The highest BCUT2D eigenvalue weighted by Crippen LogP contribution is 2.26. The number of nitrogens with zero attached hydrogens (tertiary/aromatic N) is 4. The van der Waals surface area contributed by atoms with Crippen LogP contribution in [0.2, 0.25) is 10.0 Å². The molecule has 4 aromatic carbocycles. The monoisotopic (exact) mass is 718 g/mol. The number of benzene rings is 4. The Morgan fingerprint density at radius 3 is 2.28 bits per heavy atom. The van der Waals surface area contributed by atoms with Crippen molar-refractivity contribution in [3.05, 3.63) is 116 Å². The zero-order chi connectivity index (χ0) is 32.0. The average molecular weight is 721 g/mol. The number of nitrogens with two attached hydrogens (primary N) is 1. The van der Waals surface area contributed by atoms with Crippen molar-refractivity contribution in [3.63, 3.8) is 0 Å². The quantitative estimate of drug-likeness (QED) is 0.137. The Labute approximate surface area is 290 Å². The fourth-order valence-corrected chi connectivity index (χ4v) is 7.32. The fourth-order valence-electron chi connectivity index (χ4n) is 6.74. The largest absolute Gasteiger partial charge is 0.370 e. The van der Waals surface area contributed by atoms with Crippen molar-refractivity contribution >= 4 is 61.8 Å². The van der Waals surface area contributed by atoms with E-state index in [1.54, 1.807) is 0 Å². The Kier molecular flexibility index (Phi) is 10.7. The highest BCUT2D eigenvalue weighted by Gasteiger charge is 2.34. The second kappa shape index (κ2) is 15.1. The molecule has 1 fully saturated rings. The fraction of sp³-hybridized carbons (Fsp3) is 0.351. The van der Waals surface area contributed by atoms with Crippen molar-refractivity contribution in [1.29, 1.82) is 5.41 Å². The summed E-state index contributed by atoms with van der Waals surface area (Å²) in [6.07, 6.45) is 5.80. The summed E-state index contributed by atoms with van der Waals surface area (Å²) in [5, 5.41) is 12.9. The van der Waals surface area contributed by atoms with Crippen LogP contribution in [0.1, 0.15) is 36.0 Å². The summed E-state index contributed by atoms with van der Waals surface area (Å²) in [7, 11) is 0. The molecule has 6 nitrogen and oxygen atoms in total. The summed E-state index contributed by atoms with van der Waals surface area (Å²) in [6, 6.07) is 30.3. The van der Waals surface area contributed by atoms with E-state index in [4.69, 9.17) is 28.9 Å². The van der Waals surface area contributed by atoms with E-state index in [1.165, 1.54) is 21.9 Å². The number of unbranched alkanes of at least 4 members (excludes halogenated alkanes) is 1. The first-order chi connectivity index (χ1) is 22.3. The maximum atomic E-state index is 9.20.